The number of aliphatic carboxylic acids is 1. The Labute approximate surface area is 202 Å². The summed E-state index contributed by atoms with van der Waals surface area (Å²) in [4.78, 5) is 23.8. The monoisotopic (exact) mass is 466 g/mol. The number of nitrogens with two attached hydrogens (primary N) is 1. The number of primary amides is 1. The lowest BCUT2D eigenvalue weighted by Gasteiger charge is -2.14. The van der Waals surface area contributed by atoms with Gasteiger partial charge in [0.2, 0.25) is 5.91 Å². The second-order valence-electron chi connectivity index (χ2n) is 9.04. The summed E-state index contributed by atoms with van der Waals surface area (Å²) in [5, 5.41) is 12.9. The van der Waals surface area contributed by atoms with Crippen LogP contribution in [0.2, 0.25) is 0 Å². The average molecular weight is 467 g/mol. The molecule has 1 heterocycles. The Morgan fingerprint density at radius 2 is 1.69 bits per heavy atom. The van der Waals surface area contributed by atoms with Gasteiger partial charge in [0.15, 0.2) is 6.61 Å². The number of nitrogens with zero attached hydrogens (tertiary/aromatic N) is 1. The van der Waals surface area contributed by atoms with Crippen molar-refractivity contribution in [3.8, 4) is 5.75 Å². The number of aromatic nitrogens is 1. The third-order valence-electron chi connectivity index (χ3n) is 6.47. The molecular weight excluding hydrogens is 440 g/mol. The zero-order chi connectivity index (χ0) is 24.7. The van der Waals surface area contributed by atoms with Crippen LogP contribution in [0.4, 0.5) is 0 Å². The summed E-state index contributed by atoms with van der Waals surface area (Å²) in [7, 11) is 0. The van der Waals surface area contributed by atoms with Gasteiger partial charge in [-0.1, -0.05) is 62.4 Å². The van der Waals surface area contributed by atoms with E-state index in [1.54, 1.807) is 6.07 Å². The molecule has 176 valence electrons. The summed E-state index contributed by atoms with van der Waals surface area (Å²) in [6.07, 6.45) is 0. The van der Waals surface area contributed by atoms with Crippen LogP contribution in [-0.4, -0.2) is 28.2 Å². The fourth-order valence-electron chi connectivity index (χ4n) is 4.81. The molecule has 3 N–H and O–H groups in total. The van der Waals surface area contributed by atoms with E-state index in [0.717, 1.165) is 32.9 Å². The maximum Gasteiger partial charge on any atom is 0.341 e. The SMILES string of the molecule is CC(C)c1cc(OCC(=O)O)c2c3c(C(N)=O)cccc3n(Cc3cccc4ccccc34)c2c1. The number of benzene rings is 4. The molecule has 0 spiro atoms. The minimum Gasteiger partial charge on any atom is -0.481 e. The van der Waals surface area contributed by atoms with Crippen molar-refractivity contribution in [2.24, 2.45) is 5.73 Å². The van der Waals surface area contributed by atoms with Crippen molar-refractivity contribution in [1.29, 1.82) is 0 Å². The van der Waals surface area contributed by atoms with E-state index in [1.807, 2.05) is 36.4 Å². The normalized spacial score (nSPS) is 11.5. The van der Waals surface area contributed by atoms with Crippen LogP contribution >= 0.6 is 0 Å². The Hall–Kier alpha value is -4.32. The molecule has 5 aromatic rings. The van der Waals surface area contributed by atoms with E-state index in [1.165, 1.54) is 0 Å². The highest BCUT2D eigenvalue weighted by Crippen LogP contribution is 2.40. The summed E-state index contributed by atoms with van der Waals surface area (Å²) in [5.41, 5.74) is 10.0. The van der Waals surface area contributed by atoms with Crippen molar-refractivity contribution in [1.82, 2.24) is 4.57 Å². The van der Waals surface area contributed by atoms with E-state index in [0.29, 0.717) is 28.6 Å². The van der Waals surface area contributed by atoms with Crippen LogP contribution in [0.25, 0.3) is 32.6 Å². The van der Waals surface area contributed by atoms with Gasteiger partial charge in [-0.15, -0.1) is 0 Å². The molecule has 35 heavy (non-hydrogen) atoms. The van der Waals surface area contributed by atoms with Crippen molar-refractivity contribution < 1.29 is 19.4 Å². The van der Waals surface area contributed by atoms with Crippen molar-refractivity contribution in [3.63, 3.8) is 0 Å². The molecule has 6 nitrogen and oxygen atoms in total. The molecule has 0 saturated carbocycles. The first-order chi connectivity index (χ1) is 16.8. The van der Waals surface area contributed by atoms with Crippen molar-refractivity contribution in [2.45, 2.75) is 26.3 Å². The summed E-state index contributed by atoms with van der Waals surface area (Å²) in [6, 6.07) is 23.9. The highest BCUT2D eigenvalue weighted by Gasteiger charge is 2.22. The minimum atomic E-state index is -1.07. The number of hydrogen-bond donors (Lipinski definition) is 2. The van der Waals surface area contributed by atoms with E-state index in [-0.39, 0.29) is 5.92 Å². The number of carbonyl (C=O) groups excluding carboxylic acids is 1. The molecule has 0 bridgehead atoms. The molecular formula is C29H26N2O4. The number of carbonyl (C=O) groups is 2. The maximum absolute atomic E-state index is 12.4. The Morgan fingerprint density at radius 1 is 0.943 bits per heavy atom. The molecule has 5 rings (SSSR count). The second-order valence-corrected chi connectivity index (χ2v) is 9.04. The molecule has 1 amide bonds. The molecule has 0 aliphatic rings. The van der Waals surface area contributed by atoms with E-state index < -0.39 is 18.5 Å². The number of carboxylic acids is 1. The average Bonchev–Trinajstić information content (AvgIpc) is 3.16. The molecule has 0 atom stereocenters. The summed E-state index contributed by atoms with van der Waals surface area (Å²) in [6.45, 7) is 4.23. The Morgan fingerprint density at radius 3 is 2.43 bits per heavy atom. The van der Waals surface area contributed by atoms with Gasteiger partial charge in [0, 0.05) is 17.5 Å². The van der Waals surface area contributed by atoms with Gasteiger partial charge in [0.25, 0.3) is 0 Å². The molecule has 0 aliphatic carbocycles. The second kappa shape index (κ2) is 8.80. The van der Waals surface area contributed by atoms with Gasteiger partial charge in [0.1, 0.15) is 5.75 Å². The quantitative estimate of drug-likeness (QED) is 0.323. The van der Waals surface area contributed by atoms with Crippen LogP contribution in [-0.2, 0) is 11.3 Å². The van der Waals surface area contributed by atoms with Crippen LogP contribution in [0.1, 0.15) is 41.3 Å². The van der Waals surface area contributed by atoms with E-state index in [4.69, 9.17) is 10.5 Å². The van der Waals surface area contributed by atoms with Gasteiger partial charge in [0.05, 0.1) is 16.4 Å². The van der Waals surface area contributed by atoms with Gasteiger partial charge in [-0.05, 0) is 52.1 Å². The Bertz CT molecular complexity index is 1610. The van der Waals surface area contributed by atoms with Crippen LogP contribution in [0.5, 0.6) is 5.75 Å². The lowest BCUT2D eigenvalue weighted by Crippen LogP contribution is -2.12. The number of hydrogen-bond acceptors (Lipinski definition) is 3. The van der Waals surface area contributed by atoms with Gasteiger partial charge in [-0.2, -0.15) is 0 Å². The Kier molecular flexibility index (Phi) is 5.65. The first kappa shape index (κ1) is 22.5. The number of fused-ring (bicyclic) bond motifs is 4. The predicted octanol–water partition coefficient (Wildman–Crippen LogP) is 5.68. The summed E-state index contributed by atoms with van der Waals surface area (Å²) in [5.74, 6) is -0.991. The highest BCUT2D eigenvalue weighted by atomic mass is 16.5. The van der Waals surface area contributed by atoms with Crippen molar-refractivity contribution in [3.05, 3.63) is 89.5 Å². The molecule has 0 unspecified atom stereocenters. The molecule has 4 aromatic carbocycles. The molecule has 0 aliphatic heterocycles. The fourth-order valence-corrected chi connectivity index (χ4v) is 4.81. The molecule has 1 aromatic heterocycles. The van der Waals surface area contributed by atoms with E-state index in [2.05, 4.69) is 48.7 Å². The minimum absolute atomic E-state index is 0.186. The predicted molar refractivity (Wildman–Crippen MR) is 138 cm³/mol. The van der Waals surface area contributed by atoms with Crippen LogP contribution in [0.15, 0.2) is 72.8 Å². The molecule has 6 heteroatoms. The highest BCUT2D eigenvalue weighted by molar-refractivity contribution is 6.20. The van der Waals surface area contributed by atoms with Crippen LogP contribution in [0, 0.1) is 0 Å². The smallest absolute Gasteiger partial charge is 0.341 e. The molecule has 0 radical (unpaired) electrons. The summed E-state index contributed by atoms with van der Waals surface area (Å²) < 4.78 is 7.95. The largest absolute Gasteiger partial charge is 0.481 e. The topological polar surface area (TPSA) is 94.6 Å². The first-order valence-corrected chi connectivity index (χ1v) is 11.5. The zero-order valence-corrected chi connectivity index (χ0v) is 19.6. The molecule has 0 saturated heterocycles. The van der Waals surface area contributed by atoms with Crippen molar-refractivity contribution >= 4 is 44.5 Å². The van der Waals surface area contributed by atoms with Crippen molar-refractivity contribution in [2.75, 3.05) is 6.61 Å². The van der Waals surface area contributed by atoms with Crippen LogP contribution in [0.3, 0.4) is 0 Å². The van der Waals surface area contributed by atoms with Crippen LogP contribution < -0.4 is 10.5 Å². The fraction of sp³-hybridized carbons (Fsp3) is 0.172. The van der Waals surface area contributed by atoms with Gasteiger partial charge in [-0.25, -0.2) is 4.79 Å². The number of ether oxygens (including phenoxy) is 1. The maximum atomic E-state index is 12.4. The Balaban J connectivity index is 1.86. The number of carboxylic acid groups (broad SMARTS) is 1. The van der Waals surface area contributed by atoms with E-state index in [9.17, 15) is 14.7 Å². The molecule has 0 fully saturated rings. The first-order valence-electron chi connectivity index (χ1n) is 11.5. The zero-order valence-electron chi connectivity index (χ0n) is 19.6. The summed E-state index contributed by atoms with van der Waals surface area (Å²) >= 11 is 0. The van der Waals surface area contributed by atoms with Gasteiger partial charge < -0.3 is 20.1 Å². The number of rotatable bonds is 7. The van der Waals surface area contributed by atoms with E-state index >= 15 is 0 Å². The van der Waals surface area contributed by atoms with Gasteiger partial charge in [-0.3, -0.25) is 4.79 Å². The lowest BCUT2D eigenvalue weighted by molar-refractivity contribution is -0.139. The third-order valence-corrected chi connectivity index (χ3v) is 6.47. The van der Waals surface area contributed by atoms with Gasteiger partial charge >= 0.3 is 5.97 Å². The lowest BCUT2D eigenvalue weighted by atomic mass is 9.99. The third kappa shape index (κ3) is 3.97. The number of amides is 1. The standard InChI is InChI=1S/C29H26N2O4/c1-17(2)20-13-24-28(25(14-20)35-16-26(32)33)27-22(29(30)34)11-6-12-23(27)31(24)15-19-9-5-8-18-7-3-4-10-21(18)19/h3-14,17H,15-16H2,1-2H3,(H2,30,34)(H,32,33).